The summed E-state index contributed by atoms with van der Waals surface area (Å²) in [4.78, 5) is 16.3. The molecule has 0 bridgehead atoms. The number of ether oxygens (including phenoxy) is 3. The molecule has 1 aromatic heterocycles. The van der Waals surface area contributed by atoms with Crippen LogP contribution in [0.1, 0.15) is 43.8 Å². The number of nitrogens with zero attached hydrogens (tertiary/aromatic N) is 1. The fraction of sp³-hybridized carbons (Fsp3) is 0.647. The smallest absolute Gasteiger partial charge is 0.338 e. The number of rotatable bonds is 4. The maximum atomic E-state index is 13.5. The van der Waals surface area contributed by atoms with Crippen LogP contribution in [0.4, 0.5) is 4.39 Å². The molecule has 6 heteroatoms. The quantitative estimate of drug-likeness (QED) is 0.798. The zero-order chi connectivity index (χ0) is 16.1. The first-order valence-electron chi connectivity index (χ1n) is 8.24. The molecule has 3 rings (SSSR count). The van der Waals surface area contributed by atoms with E-state index in [9.17, 15) is 9.18 Å². The average Bonchev–Trinajstić information content (AvgIpc) is 2.61. The molecule has 1 saturated heterocycles. The lowest BCUT2D eigenvalue weighted by molar-refractivity contribution is -0.179. The summed E-state index contributed by atoms with van der Waals surface area (Å²) in [6.07, 6.45) is 6.89. The van der Waals surface area contributed by atoms with Crippen LogP contribution in [0, 0.1) is 11.7 Å². The van der Waals surface area contributed by atoms with Crippen LogP contribution < -0.4 is 0 Å². The lowest BCUT2D eigenvalue weighted by Crippen LogP contribution is -2.38. The average molecular weight is 323 g/mol. The van der Waals surface area contributed by atoms with Crippen molar-refractivity contribution < 1.29 is 23.4 Å². The Bertz CT molecular complexity index is 527. The number of carbonyl (C=O) groups is 1. The highest BCUT2D eigenvalue weighted by molar-refractivity contribution is 5.75. The Morgan fingerprint density at radius 2 is 2.09 bits per heavy atom. The summed E-state index contributed by atoms with van der Waals surface area (Å²) in [5.41, 5.74) is 0.613. The van der Waals surface area contributed by atoms with Gasteiger partial charge < -0.3 is 14.2 Å². The molecular formula is C17H22FNO4. The van der Waals surface area contributed by atoms with E-state index in [1.54, 1.807) is 6.20 Å². The summed E-state index contributed by atoms with van der Waals surface area (Å²) in [5.74, 6) is -0.665. The molecule has 23 heavy (non-hydrogen) atoms. The van der Waals surface area contributed by atoms with E-state index in [0.29, 0.717) is 18.8 Å². The van der Waals surface area contributed by atoms with Crippen LogP contribution in [0.15, 0.2) is 18.5 Å². The Morgan fingerprint density at radius 1 is 1.26 bits per heavy atom. The van der Waals surface area contributed by atoms with Crippen molar-refractivity contribution >= 4 is 5.97 Å². The minimum atomic E-state index is -0.698. The molecule has 1 aliphatic carbocycles. The molecule has 5 nitrogen and oxygen atoms in total. The van der Waals surface area contributed by atoms with E-state index in [4.69, 9.17) is 14.2 Å². The second kappa shape index (κ2) is 7.84. The van der Waals surface area contributed by atoms with Crippen molar-refractivity contribution in [2.24, 2.45) is 5.92 Å². The van der Waals surface area contributed by atoms with Crippen molar-refractivity contribution in [2.45, 2.75) is 44.3 Å². The van der Waals surface area contributed by atoms with Crippen molar-refractivity contribution in [1.82, 2.24) is 4.98 Å². The van der Waals surface area contributed by atoms with Gasteiger partial charge in [-0.3, -0.25) is 4.98 Å². The minimum absolute atomic E-state index is 0.195. The molecule has 0 amide bonds. The van der Waals surface area contributed by atoms with Gasteiger partial charge in [-0.2, -0.15) is 0 Å². The van der Waals surface area contributed by atoms with Gasteiger partial charge in [-0.05, 0) is 18.9 Å². The monoisotopic (exact) mass is 323 g/mol. The fourth-order valence-electron chi connectivity index (χ4n) is 3.28. The molecule has 126 valence electrons. The van der Waals surface area contributed by atoms with Gasteiger partial charge in [-0.15, -0.1) is 0 Å². The minimum Gasteiger partial charge on any atom is -0.455 e. The first-order chi connectivity index (χ1) is 11.2. The standard InChI is InChI=1S/C17H22FNO4/c18-14-8-13(9-19-10-14)16(12-4-2-1-3-5-12)23-17(20)15-11-21-6-7-22-15/h8-10,12,15-16H,1-7,11H2/t15-,16+/m1/s1. The van der Waals surface area contributed by atoms with Gasteiger partial charge in [0, 0.05) is 17.7 Å². The zero-order valence-electron chi connectivity index (χ0n) is 13.1. The van der Waals surface area contributed by atoms with Crippen molar-refractivity contribution in [3.63, 3.8) is 0 Å². The van der Waals surface area contributed by atoms with Crippen molar-refractivity contribution in [3.8, 4) is 0 Å². The number of hydrogen-bond acceptors (Lipinski definition) is 5. The predicted octanol–water partition coefficient (Wildman–Crippen LogP) is 2.80. The molecule has 1 aromatic rings. The van der Waals surface area contributed by atoms with E-state index in [1.807, 2.05) is 0 Å². The fourth-order valence-corrected chi connectivity index (χ4v) is 3.28. The van der Waals surface area contributed by atoms with Gasteiger partial charge in [0.2, 0.25) is 0 Å². The summed E-state index contributed by atoms with van der Waals surface area (Å²) in [6.45, 7) is 1.08. The van der Waals surface area contributed by atoms with Crippen molar-refractivity contribution in [1.29, 1.82) is 0 Å². The van der Waals surface area contributed by atoms with Crippen LogP contribution in [0.25, 0.3) is 0 Å². The number of aromatic nitrogens is 1. The largest absolute Gasteiger partial charge is 0.455 e. The molecule has 2 fully saturated rings. The lowest BCUT2D eigenvalue weighted by Gasteiger charge is -2.31. The van der Waals surface area contributed by atoms with Gasteiger partial charge >= 0.3 is 5.97 Å². The van der Waals surface area contributed by atoms with Crippen LogP contribution in [0.2, 0.25) is 0 Å². The number of carbonyl (C=O) groups excluding carboxylic acids is 1. The summed E-state index contributed by atoms with van der Waals surface area (Å²) in [7, 11) is 0. The van der Waals surface area contributed by atoms with Gasteiger partial charge in [0.1, 0.15) is 11.9 Å². The second-order valence-electron chi connectivity index (χ2n) is 6.13. The predicted molar refractivity (Wildman–Crippen MR) is 80.2 cm³/mol. The highest BCUT2D eigenvalue weighted by atomic mass is 19.1. The molecule has 1 aliphatic heterocycles. The summed E-state index contributed by atoms with van der Waals surface area (Å²) in [5, 5.41) is 0. The molecule has 2 atom stereocenters. The van der Waals surface area contributed by atoms with E-state index in [0.717, 1.165) is 31.9 Å². The zero-order valence-corrected chi connectivity index (χ0v) is 13.1. The Labute approximate surface area is 135 Å². The van der Waals surface area contributed by atoms with E-state index in [2.05, 4.69) is 4.98 Å². The van der Waals surface area contributed by atoms with Crippen LogP contribution in [0.3, 0.4) is 0 Å². The number of pyridine rings is 1. The van der Waals surface area contributed by atoms with Gasteiger partial charge in [0.15, 0.2) is 6.10 Å². The number of esters is 1. The topological polar surface area (TPSA) is 57.7 Å². The third kappa shape index (κ3) is 4.26. The molecule has 2 aliphatic rings. The Hall–Kier alpha value is -1.53. The van der Waals surface area contributed by atoms with Crippen LogP contribution >= 0.6 is 0 Å². The SMILES string of the molecule is O=C(O[C@H](c1cncc(F)c1)C1CCCCC1)[C@H]1COCCO1. The highest BCUT2D eigenvalue weighted by Gasteiger charge is 2.32. The molecular weight excluding hydrogens is 301 g/mol. The van der Waals surface area contributed by atoms with Gasteiger partial charge in [0.25, 0.3) is 0 Å². The molecule has 0 N–H and O–H groups in total. The van der Waals surface area contributed by atoms with Crippen molar-refractivity contribution in [2.75, 3.05) is 19.8 Å². The number of hydrogen-bond donors (Lipinski definition) is 0. The maximum absolute atomic E-state index is 13.5. The first kappa shape index (κ1) is 16.3. The lowest BCUT2D eigenvalue weighted by atomic mass is 9.83. The molecule has 1 saturated carbocycles. The summed E-state index contributed by atoms with van der Waals surface area (Å²) in [6, 6.07) is 1.40. The van der Waals surface area contributed by atoms with Gasteiger partial charge in [-0.25, -0.2) is 9.18 Å². The number of halogens is 1. The molecule has 0 aromatic carbocycles. The summed E-state index contributed by atoms with van der Waals surface area (Å²) < 4.78 is 29.9. The third-order valence-corrected chi connectivity index (χ3v) is 4.45. The van der Waals surface area contributed by atoms with Crippen LogP contribution in [0.5, 0.6) is 0 Å². The van der Waals surface area contributed by atoms with Crippen molar-refractivity contribution in [3.05, 3.63) is 29.8 Å². The molecule has 0 spiro atoms. The van der Waals surface area contributed by atoms with Crippen LogP contribution in [-0.2, 0) is 19.0 Å². The molecule has 0 radical (unpaired) electrons. The Balaban J connectivity index is 1.75. The Kier molecular flexibility index (Phi) is 5.56. The normalized spacial score (nSPS) is 24.1. The highest BCUT2D eigenvalue weighted by Crippen LogP contribution is 2.37. The van der Waals surface area contributed by atoms with Crippen LogP contribution in [-0.4, -0.2) is 36.9 Å². The van der Waals surface area contributed by atoms with E-state index in [-0.39, 0.29) is 12.5 Å². The second-order valence-corrected chi connectivity index (χ2v) is 6.13. The maximum Gasteiger partial charge on any atom is 0.338 e. The third-order valence-electron chi connectivity index (χ3n) is 4.45. The van der Waals surface area contributed by atoms with E-state index < -0.39 is 24.0 Å². The molecule has 2 heterocycles. The molecule has 0 unspecified atom stereocenters. The Morgan fingerprint density at radius 3 is 2.78 bits per heavy atom. The van der Waals surface area contributed by atoms with E-state index in [1.165, 1.54) is 12.5 Å². The van der Waals surface area contributed by atoms with Gasteiger partial charge in [0.05, 0.1) is 26.0 Å². The first-order valence-corrected chi connectivity index (χ1v) is 8.24. The van der Waals surface area contributed by atoms with Gasteiger partial charge in [-0.1, -0.05) is 19.3 Å². The summed E-state index contributed by atoms with van der Waals surface area (Å²) >= 11 is 0. The van der Waals surface area contributed by atoms with E-state index >= 15 is 0 Å².